The Morgan fingerprint density at radius 1 is 1.46 bits per heavy atom. The van der Waals surface area contributed by atoms with E-state index in [1.807, 2.05) is 0 Å². The molecule has 0 bridgehead atoms. The predicted octanol–water partition coefficient (Wildman–Crippen LogP) is 2.01. The smallest absolute Gasteiger partial charge is 0.269 e. The lowest BCUT2D eigenvalue weighted by atomic mass is 10.3. The summed E-state index contributed by atoms with van der Waals surface area (Å²) in [5, 5.41) is 14.1. The van der Waals surface area contributed by atoms with Gasteiger partial charge in [-0.3, -0.25) is 15.5 Å². The molecule has 0 radical (unpaired) electrons. The quantitative estimate of drug-likeness (QED) is 0.438. The molecule has 1 aromatic carbocycles. The van der Waals surface area contributed by atoms with Crippen molar-refractivity contribution in [3.8, 4) is 0 Å². The van der Waals surface area contributed by atoms with Crippen molar-refractivity contribution in [3.63, 3.8) is 0 Å². The fourth-order valence-electron chi connectivity index (χ4n) is 0.797. The number of anilines is 1. The highest BCUT2D eigenvalue weighted by atomic mass is 16.6. The Labute approximate surface area is 75.2 Å². The summed E-state index contributed by atoms with van der Waals surface area (Å²) in [5.41, 5.74) is 3.51. The first-order valence-corrected chi connectivity index (χ1v) is 3.72. The summed E-state index contributed by atoms with van der Waals surface area (Å²) >= 11 is 0. The third-order valence-electron chi connectivity index (χ3n) is 1.40. The molecule has 5 nitrogen and oxygen atoms in total. The van der Waals surface area contributed by atoms with E-state index >= 15 is 0 Å². The van der Waals surface area contributed by atoms with Crippen molar-refractivity contribution in [1.82, 2.24) is 0 Å². The molecule has 0 atom stereocenters. The van der Waals surface area contributed by atoms with Crippen molar-refractivity contribution in [3.05, 3.63) is 34.4 Å². The van der Waals surface area contributed by atoms with Crippen molar-refractivity contribution in [2.24, 2.45) is 5.10 Å². The fraction of sp³-hybridized carbons (Fsp3) is 0.125. The van der Waals surface area contributed by atoms with E-state index in [-0.39, 0.29) is 5.69 Å². The molecular weight excluding hydrogens is 170 g/mol. The van der Waals surface area contributed by atoms with Crippen LogP contribution in [-0.2, 0) is 0 Å². The minimum absolute atomic E-state index is 0.0750. The molecule has 0 spiro atoms. The lowest BCUT2D eigenvalue weighted by molar-refractivity contribution is -0.384. The summed E-state index contributed by atoms with van der Waals surface area (Å²) < 4.78 is 0. The Morgan fingerprint density at radius 3 is 2.54 bits per heavy atom. The Balaban J connectivity index is 2.75. The van der Waals surface area contributed by atoms with Gasteiger partial charge in [-0.05, 0) is 19.1 Å². The molecule has 0 aromatic heterocycles. The summed E-state index contributed by atoms with van der Waals surface area (Å²) in [6.45, 7) is 1.78. The lowest BCUT2D eigenvalue weighted by Crippen LogP contribution is -1.90. The van der Waals surface area contributed by atoms with Crippen LogP contribution in [0.1, 0.15) is 6.92 Å². The van der Waals surface area contributed by atoms with Crippen LogP contribution in [0.25, 0.3) is 0 Å². The number of non-ortho nitro benzene ring substituents is 1. The Morgan fingerprint density at radius 2 is 2.08 bits per heavy atom. The maximum absolute atomic E-state index is 10.3. The summed E-state index contributed by atoms with van der Waals surface area (Å²) in [6, 6.07) is 6.05. The second-order valence-corrected chi connectivity index (χ2v) is 2.30. The largest absolute Gasteiger partial charge is 0.279 e. The second kappa shape index (κ2) is 4.20. The molecule has 0 fully saturated rings. The van der Waals surface area contributed by atoms with Gasteiger partial charge in [0.25, 0.3) is 5.69 Å². The average molecular weight is 179 g/mol. The highest BCUT2D eigenvalue weighted by Crippen LogP contribution is 2.14. The summed E-state index contributed by atoms with van der Waals surface area (Å²) in [4.78, 5) is 9.84. The van der Waals surface area contributed by atoms with Crippen molar-refractivity contribution < 1.29 is 4.92 Å². The van der Waals surface area contributed by atoms with Gasteiger partial charge in [0.15, 0.2) is 0 Å². The number of nitro benzene ring substituents is 1. The molecule has 5 heteroatoms. The molecule has 0 aliphatic carbocycles. The summed E-state index contributed by atoms with van der Waals surface area (Å²) in [6.07, 6.45) is 1.60. The van der Waals surface area contributed by atoms with Crippen LogP contribution >= 0.6 is 0 Å². The normalized spacial score (nSPS) is 10.2. The number of nitro groups is 1. The highest BCUT2D eigenvalue weighted by molar-refractivity contribution is 5.56. The van der Waals surface area contributed by atoms with Crippen molar-refractivity contribution in [2.75, 3.05) is 5.43 Å². The maximum Gasteiger partial charge on any atom is 0.269 e. The van der Waals surface area contributed by atoms with Crippen LogP contribution in [-0.4, -0.2) is 11.1 Å². The zero-order chi connectivity index (χ0) is 9.68. The molecule has 1 rings (SSSR count). The van der Waals surface area contributed by atoms with Gasteiger partial charge >= 0.3 is 0 Å². The molecular formula is C8H9N3O2. The van der Waals surface area contributed by atoms with Crippen LogP contribution in [0, 0.1) is 10.1 Å². The number of hydrazone groups is 1. The van der Waals surface area contributed by atoms with Gasteiger partial charge in [0, 0.05) is 18.3 Å². The van der Waals surface area contributed by atoms with Gasteiger partial charge in [0.1, 0.15) is 0 Å². The van der Waals surface area contributed by atoms with Gasteiger partial charge in [0.05, 0.1) is 10.6 Å². The maximum atomic E-state index is 10.3. The molecule has 0 aliphatic heterocycles. The zero-order valence-corrected chi connectivity index (χ0v) is 7.10. The number of hydrogen-bond donors (Lipinski definition) is 1. The molecule has 0 amide bonds. The minimum atomic E-state index is -0.438. The van der Waals surface area contributed by atoms with Gasteiger partial charge in [-0.1, -0.05) is 0 Å². The highest BCUT2D eigenvalue weighted by Gasteiger charge is 2.02. The van der Waals surface area contributed by atoms with E-state index in [1.165, 1.54) is 12.1 Å². The predicted molar refractivity (Wildman–Crippen MR) is 50.9 cm³/mol. The van der Waals surface area contributed by atoms with E-state index in [9.17, 15) is 10.1 Å². The lowest BCUT2D eigenvalue weighted by Gasteiger charge is -1.97. The van der Waals surface area contributed by atoms with Gasteiger partial charge in [-0.2, -0.15) is 5.10 Å². The van der Waals surface area contributed by atoms with E-state index in [0.717, 1.165) is 5.69 Å². The second-order valence-electron chi connectivity index (χ2n) is 2.30. The number of benzene rings is 1. The van der Waals surface area contributed by atoms with Gasteiger partial charge < -0.3 is 0 Å². The Hall–Kier alpha value is -1.91. The first-order valence-electron chi connectivity index (χ1n) is 3.72. The standard InChI is InChI=1S/C8H9N3O2/c1-2-9-10-7-3-5-8(6-4-7)11(12)13/h2-6,10H,1H3/b9-2-. The third-order valence-corrected chi connectivity index (χ3v) is 1.40. The molecule has 1 aromatic rings. The summed E-state index contributed by atoms with van der Waals surface area (Å²) in [5.74, 6) is 0. The molecule has 0 saturated carbocycles. The van der Waals surface area contributed by atoms with E-state index in [2.05, 4.69) is 10.5 Å². The molecule has 0 heterocycles. The van der Waals surface area contributed by atoms with Crippen LogP contribution in [0.15, 0.2) is 29.4 Å². The first-order chi connectivity index (χ1) is 6.24. The van der Waals surface area contributed by atoms with E-state index < -0.39 is 4.92 Å². The molecule has 13 heavy (non-hydrogen) atoms. The fourth-order valence-corrected chi connectivity index (χ4v) is 0.797. The van der Waals surface area contributed by atoms with Crippen molar-refractivity contribution >= 4 is 17.6 Å². The third kappa shape index (κ3) is 2.55. The van der Waals surface area contributed by atoms with Crippen LogP contribution < -0.4 is 5.43 Å². The minimum Gasteiger partial charge on any atom is -0.279 e. The SMILES string of the molecule is C/C=N\Nc1ccc([N+](=O)[O-])cc1. The van der Waals surface area contributed by atoms with Crippen molar-refractivity contribution in [2.45, 2.75) is 6.92 Å². The molecule has 0 aliphatic rings. The average Bonchev–Trinajstić information content (AvgIpc) is 2.15. The van der Waals surface area contributed by atoms with Gasteiger partial charge in [-0.25, -0.2) is 0 Å². The Bertz CT molecular complexity index is 319. The van der Waals surface area contributed by atoms with E-state index in [1.54, 1.807) is 25.3 Å². The van der Waals surface area contributed by atoms with Gasteiger partial charge in [-0.15, -0.1) is 0 Å². The number of nitrogens with zero attached hydrogens (tertiary/aromatic N) is 2. The zero-order valence-electron chi connectivity index (χ0n) is 7.10. The number of rotatable bonds is 3. The number of hydrogen-bond acceptors (Lipinski definition) is 4. The molecule has 0 saturated heterocycles. The van der Waals surface area contributed by atoms with Crippen LogP contribution in [0.5, 0.6) is 0 Å². The topological polar surface area (TPSA) is 67.5 Å². The Kier molecular flexibility index (Phi) is 2.97. The molecule has 1 N–H and O–H groups in total. The first kappa shape index (κ1) is 9.18. The van der Waals surface area contributed by atoms with Crippen LogP contribution in [0.4, 0.5) is 11.4 Å². The molecule has 68 valence electrons. The van der Waals surface area contributed by atoms with Crippen LogP contribution in [0.2, 0.25) is 0 Å². The van der Waals surface area contributed by atoms with Crippen LogP contribution in [0.3, 0.4) is 0 Å². The number of nitrogens with one attached hydrogen (secondary N) is 1. The molecule has 0 unspecified atom stereocenters. The summed E-state index contributed by atoms with van der Waals surface area (Å²) in [7, 11) is 0. The van der Waals surface area contributed by atoms with Crippen molar-refractivity contribution in [1.29, 1.82) is 0 Å². The van der Waals surface area contributed by atoms with E-state index in [0.29, 0.717) is 0 Å². The van der Waals surface area contributed by atoms with Gasteiger partial charge in [0.2, 0.25) is 0 Å². The van der Waals surface area contributed by atoms with E-state index in [4.69, 9.17) is 0 Å². The monoisotopic (exact) mass is 179 g/mol.